The van der Waals surface area contributed by atoms with Crippen LogP contribution in [0.4, 0.5) is 0 Å². The van der Waals surface area contributed by atoms with Gasteiger partial charge in [0, 0.05) is 56.6 Å². The maximum atomic E-state index is 12.8. The van der Waals surface area contributed by atoms with Crippen LogP contribution < -0.4 is 0 Å². The number of amides is 1. The van der Waals surface area contributed by atoms with Crippen LogP contribution in [0.15, 0.2) is 40.8 Å². The lowest BCUT2D eigenvalue weighted by molar-refractivity contribution is 0.0137. The van der Waals surface area contributed by atoms with Gasteiger partial charge in [0.25, 0.3) is 5.91 Å². The first kappa shape index (κ1) is 17.3. The topological polar surface area (TPSA) is 45.9 Å². The van der Waals surface area contributed by atoms with E-state index in [1.165, 1.54) is 0 Å². The Balaban J connectivity index is 1.36. The highest BCUT2D eigenvalue weighted by Gasteiger charge is 2.27. The fourth-order valence-corrected chi connectivity index (χ4v) is 3.89. The van der Waals surface area contributed by atoms with Crippen LogP contribution in [0.1, 0.15) is 29.0 Å². The third-order valence-corrected chi connectivity index (χ3v) is 5.47. The molecule has 0 unspecified atom stereocenters. The van der Waals surface area contributed by atoms with Gasteiger partial charge in [-0.1, -0.05) is 12.1 Å². The van der Waals surface area contributed by atoms with Crippen molar-refractivity contribution in [3.8, 4) is 11.3 Å². The Kier molecular flexibility index (Phi) is 5.09. The highest BCUT2D eigenvalue weighted by atomic mass is 16.5. The molecule has 26 heavy (non-hydrogen) atoms. The van der Waals surface area contributed by atoms with Crippen LogP contribution in [0, 0.1) is 6.92 Å². The van der Waals surface area contributed by atoms with Gasteiger partial charge in [-0.25, -0.2) is 0 Å². The lowest BCUT2D eigenvalue weighted by atomic mass is 10.1. The maximum absolute atomic E-state index is 12.8. The molecule has 0 aliphatic carbocycles. The summed E-state index contributed by atoms with van der Waals surface area (Å²) in [6.07, 6.45) is 2.23. The average Bonchev–Trinajstić information content (AvgIpc) is 3.15. The molecule has 5 heteroatoms. The number of carbonyl (C=O) groups excluding carboxylic acids is 1. The number of hydrogen-bond donors (Lipinski definition) is 0. The Hall–Kier alpha value is -2.11. The zero-order valence-corrected chi connectivity index (χ0v) is 15.3. The summed E-state index contributed by atoms with van der Waals surface area (Å²) in [5.74, 6) is 1.85. The summed E-state index contributed by atoms with van der Waals surface area (Å²) in [6.45, 7) is 7.18. The molecule has 0 radical (unpaired) electrons. The summed E-state index contributed by atoms with van der Waals surface area (Å²) in [5.41, 5.74) is 1.75. The lowest BCUT2D eigenvalue weighted by Gasteiger charge is -2.40. The van der Waals surface area contributed by atoms with Gasteiger partial charge < -0.3 is 14.1 Å². The third kappa shape index (κ3) is 3.69. The number of hydrogen-bond acceptors (Lipinski definition) is 4. The van der Waals surface area contributed by atoms with Crippen molar-refractivity contribution in [2.45, 2.75) is 25.8 Å². The van der Waals surface area contributed by atoms with E-state index in [0.29, 0.717) is 6.04 Å². The molecule has 5 nitrogen and oxygen atoms in total. The van der Waals surface area contributed by atoms with Gasteiger partial charge in [0.15, 0.2) is 0 Å². The summed E-state index contributed by atoms with van der Waals surface area (Å²) in [4.78, 5) is 17.3. The van der Waals surface area contributed by atoms with E-state index >= 15 is 0 Å². The molecule has 2 saturated heterocycles. The van der Waals surface area contributed by atoms with E-state index < -0.39 is 0 Å². The van der Waals surface area contributed by atoms with Gasteiger partial charge in [0.2, 0.25) is 0 Å². The standard InChI is InChI=1S/C21H26N2O3/c1-16-2-7-20(26-16)17-3-5-18(6-4-17)21(24)23-12-10-22(11-13-23)19-8-14-25-15-9-19/h2-7,19H,8-15H2,1H3. The smallest absolute Gasteiger partial charge is 0.253 e. The minimum Gasteiger partial charge on any atom is -0.461 e. The second-order valence-electron chi connectivity index (χ2n) is 7.16. The number of furan rings is 1. The van der Waals surface area contributed by atoms with Crippen molar-refractivity contribution in [3.63, 3.8) is 0 Å². The largest absolute Gasteiger partial charge is 0.461 e. The molecule has 138 valence electrons. The lowest BCUT2D eigenvalue weighted by Crippen LogP contribution is -2.53. The van der Waals surface area contributed by atoms with Gasteiger partial charge in [-0.2, -0.15) is 0 Å². The highest BCUT2D eigenvalue weighted by molar-refractivity contribution is 5.94. The minimum atomic E-state index is 0.124. The molecule has 2 aliphatic rings. The summed E-state index contributed by atoms with van der Waals surface area (Å²) in [5, 5.41) is 0. The van der Waals surface area contributed by atoms with Crippen molar-refractivity contribution >= 4 is 5.91 Å². The van der Waals surface area contributed by atoms with Crippen LogP contribution in [-0.4, -0.2) is 61.1 Å². The highest BCUT2D eigenvalue weighted by Crippen LogP contribution is 2.23. The monoisotopic (exact) mass is 354 g/mol. The second kappa shape index (κ2) is 7.64. The number of rotatable bonds is 3. The molecule has 0 saturated carbocycles. The van der Waals surface area contributed by atoms with E-state index in [4.69, 9.17) is 9.15 Å². The normalized spacial score (nSPS) is 19.7. The minimum absolute atomic E-state index is 0.124. The summed E-state index contributed by atoms with van der Waals surface area (Å²) in [7, 11) is 0. The maximum Gasteiger partial charge on any atom is 0.253 e. The number of piperazine rings is 1. The molecule has 0 N–H and O–H groups in total. The molecular weight excluding hydrogens is 328 g/mol. The molecule has 1 amide bonds. The fraction of sp³-hybridized carbons (Fsp3) is 0.476. The van der Waals surface area contributed by atoms with Crippen LogP contribution in [0.5, 0.6) is 0 Å². The molecule has 2 aromatic rings. The number of aryl methyl sites for hydroxylation is 1. The van der Waals surface area contributed by atoms with Crippen LogP contribution in [0.25, 0.3) is 11.3 Å². The molecule has 0 bridgehead atoms. The van der Waals surface area contributed by atoms with Crippen molar-refractivity contribution in [3.05, 3.63) is 47.7 Å². The van der Waals surface area contributed by atoms with Crippen LogP contribution in [-0.2, 0) is 4.74 Å². The quantitative estimate of drug-likeness (QED) is 0.849. The summed E-state index contributed by atoms with van der Waals surface area (Å²) in [6, 6.07) is 12.3. The van der Waals surface area contributed by atoms with Crippen molar-refractivity contribution in [2.24, 2.45) is 0 Å². The Morgan fingerprint density at radius 2 is 1.65 bits per heavy atom. The summed E-state index contributed by atoms with van der Waals surface area (Å²) >= 11 is 0. The van der Waals surface area contributed by atoms with E-state index in [-0.39, 0.29) is 5.91 Å². The van der Waals surface area contributed by atoms with Crippen molar-refractivity contribution in [2.75, 3.05) is 39.4 Å². The molecule has 4 rings (SSSR count). The van der Waals surface area contributed by atoms with Gasteiger partial charge in [-0.05, 0) is 44.0 Å². The molecule has 2 aliphatic heterocycles. The predicted molar refractivity (Wildman–Crippen MR) is 100 cm³/mol. The third-order valence-electron chi connectivity index (χ3n) is 5.47. The Morgan fingerprint density at radius 3 is 2.27 bits per heavy atom. The Morgan fingerprint density at radius 1 is 0.962 bits per heavy atom. The van der Waals surface area contributed by atoms with Gasteiger partial charge in [-0.3, -0.25) is 9.69 Å². The first-order valence-electron chi connectivity index (χ1n) is 9.48. The van der Waals surface area contributed by atoms with Gasteiger partial charge in [0.1, 0.15) is 11.5 Å². The SMILES string of the molecule is Cc1ccc(-c2ccc(C(=O)N3CCN(C4CCOCC4)CC3)cc2)o1. The van der Waals surface area contributed by atoms with Gasteiger partial charge in [0.05, 0.1) is 0 Å². The number of carbonyl (C=O) groups is 1. The van der Waals surface area contributed by atoms with E-state index in [0.717, 1.165) is 74.9 Å². The zero-order valence-electron chi connectivity index (χ0n) is 15.3. The molecular formula is C21H26N2O3. The van der Waals surface area contributed by atoms with Crippen LogP contribution in [0.3, 0.4) is 0 Å². The van der Waals surface area contributed by atoms with E-state index in [2.05, 4.69) is 4.90 Å². The molecule has 0 atom stereocenters. The van der Waals surface area contributed by atoms with Crippen molar-refractivity contribution in [1.82, 2.24) is 9.80 Å². The molecule has 0 spiro atoms. The fourth-order valence-electron chi connectivity index (χ4n) is 3.89. The van der Waals surface area contributed by atoms with Crippen LogP contribution >= 0.6 is 0 Å². The number of ether oxygens (including phenoxy) is 1. The van der Waals surface area contributed by atoms with Crippen LogP contribution in [0.2, 0.25) is 0 Å². The molecule has 1 aromatic carbocycles. The van der Waals surface area contributed by atoms with Crippen molar-refractivity contribution < 1.29 is 13.9 Å². The predicted octanol–water partition coefficient (Wildman–Crippen LogP) is 3.19. The van der Waals surface area contributed by atoms with E-state index in [1.54, 1.807) is 0 Å². The molecule has 1 aromatic heterocycles. The number of nitrogens with zero attached hydrogens (tertiary/aromatic N) is 2. The average molecular weight is 354 g/mol. The summed E-state index contributed by atoms with van der Waals surface area (Å²) < 4.78 is 11.1. The first-order chi connectivity index (χ1) is 12.7. The van der Waals surface area contributed by atoms with Gasteiger partial charge >= 0.3 is 0 Å². The first-order valence-corrected chi connectivity index (χ1v) is 9.48. The van der Waals surface area contributed by atoms with E-state index in [9.17, 15) is 4.79 Å². The van der Waals surface area contributed by atoms with Crippen molar-refractivity contribution in [1.29, 1.82) is 0 Å². The number of benzene rings is 1. The Labute approximate surface area is 154 Å². The zero-order chi connectivity index (χ0) is 17.9. The molecule has 3 heterocycles. The Bertz CT molecular complexity index is 739. The second-order valence-corrected chi connectivity index (χ2v) is 7.16. The molecule has 2 fully saturated rings. The van der Waals surface area contributed by atoms with Gasteiger partial charge in [-0.15, -0.1) is 0 Å². The van der Waals surface area contributed by atoms with E-state index in [1.807, 2.05) is 48.2 Å².